The summed E-state index contributed by atoms with van der Waals surface area (Å²) in [5.41, 5.74) is 1.04. The van der Waals surface area contributed by atoms with Crippen molar-refractivity contribution in [1.29, 1.82) is 0 Å². The molecule has 166 valence electrons. The van der Waals surface area contributed by atoms with Crippen molar-refractivity contribution in [2.75, 3.05) is 24.0 Å². The van der Waals surface area contributed by atoms with Crippen LogP contribution in [0.3, 0.4) is 0 Å². The molecule has 0 saturated carbocycles. The molecule has 1 N–H and O–H groups in total. The second-order valence-electron chi connectivity index (χ2n) is 7.60. The molecule has 9 nitrogen and oxygen atoms in total. The van der Waals surface area contributed by atoms with Gasteiger partial charge < -0.3 is 14.8 Å². The molecule has 2 aliphatic rings. The third-order valence-corrected chi connectivity index (χ3v) is 5.67. The molecule has 0 spiro atoms. The third-order valence-electron chi connectivity index (χ3n) is 5.44. The van der Waals surface area contributed by atoms with Gasteiger partial charge in [0.2, 0.25) is 11.8 Å². The minimum absolute atomic E-state index is 0.0893. The molecule has 2 aliphatic heterocycles. The van der Waals surface area contributed by atoms with E-state index in [1.807, 2.05) is 24.3 Å². The molecule has 5 rings (SSSR count). The SMILES string of the molecule is CCCn1nc(NC2C=CN3C2CN3c2ccnc(OC)c2)nc1Oc1cccc(Cl)c1. The van der Waals surface area contributed by atoms with Crippen LogP contribution < -0.4 is 19.8 Å². The van der Waals surface area contributed by atoms with Gasteiger partial charge in [0.1, 0.15) is 5.75 Å². The quantitative estimate of drug-likeness (QED) is 0.549. The number of hydrogen-bond acceptors (Lipinski definition) is 8. The molecule has 10 heteroatoms. The predicted molar refractivity (Wildman–Crippen MR) is 122 cm³/mol. The second kappa shape index (κ2) is 8.58. The second-order valence-corrected chi connectivity index (χ2v) is 8.03. The molecular weight excluding hydrogens is 430 g/mol. The maximum Gasteiger partial charge on any atom is 0.322 e. The van der Waals surface area contributed by atoms with E-state index in [4.69, 9.17) is 21.1 Å². The first-order valence-electron chi connectivity index (χ1n) is 10.5. The van der Waals surface area contributed by atoms with Crippen LogP contribution in [0.15, 0.2) is 54.9 Å². The number of hydrogen-bond donors (Lipinski definition) is 1. The Bertz CT molecular complexity index is 1130. The standard InChI is InChI=1S/C22H24ClN7O2/c1-3-10-28-22(32-17-6-4-5-15(23)12-17)26-21(27-28)25-18-8-11-29-19(18)14-30(29)16-7-9-24-20(13-16)31-2/h4-9,11-13,18-19H,3,10,14H2,1-2H3,(H,25,27). The number of nitrogens with one attached hydrogen (secondary N) is 1. The Labute approximate surface area is 191 Å². The smallest absolute Gasteiger partial charge is 0.322 e. The van der Waals surface area contributed by atoms with E-state index in [1.165, 1.54) is 0 Å². The van der Waals surface area contributed by atoms with E-state index >= 15 is 0 Å². The van der Waals surface area contributed by atoms with Gasteiger partial charge in [-0.25, -0.2) is 9.67 Å². The highest BCUT2D eigenvalue weighted by Gasteiger charge is 2.43. The van der Waals surface area contributed by atoms with Gasteiger partial charge in [-0.05, 0) is 36.8 Å². The topological polar surface area (TPSA) is 80.6 Å². The van der Waals surface area contributed by atoms with Crippen molar-refractivity contribution in [2.45, 2.75) is 32.0 Å². The number of rotatable bonds is 8. The zero-order valence-electron chi connectivity index (χ0n) is 17.8. The fourth-order valence-electron chi connectivity index (χ4n) is 3.88. The van der Waals surface area contributed by atoms with Gasteiger partial charge in [-0.15, -0.1) is 5.10 Å². The molecule has 0 radical (unpaired) electrons. The average molecular weight is 454 g/mol. The number of aryl methyl sites for hydroxylation is 1. The highest BCUT2D eigenvalue weighted by Crippen LogP contribution is 2.35. The maximum absolute atomic E-state index is 6.08. The number of benzene rings is 1. The lowest BCUT2D eigenvalue weighted by Gasteiger charge is -2.50. The fraction of sp³-hybridized carbons (Fsp3) is 0.318. The summed E-state index contributed by atoms with van der Waals surface area (Å²) in [7, 11) is 1.62. The molecule has 0 aliphatic carbocycles. The Hall–Kier alpha value is -3.46. The Kier molecular flexibility index (Phi) is 5.48. The molecule has 2 unspecified atom stereocenters. The van der Waals surface area contributed by atoms with Crippen LogP contribution >= 0.6 is 11.6 Å². The van der Waals surface area contributed by atoms with Crippen molar-refractivity contribution in [1.82, 2.24) is 24.8 Å². The number of aromatic nitrogens is 4. The van der Waals surface area contributed by atoms with Crippen LogP contribution in [0.25, 0.3) is 0 Å². The van der Waals surface area contributed by atoms with Crippen molar-refractivity contribution < 1.29 is 9.47 Å². The summed E-state index contributed by atoms with van der Waals surface area (Å²) in [6.07, 6.45) is 6.87. The van der Waals surface area contributed by atoms with E-state index in [9.17, 15) is 0 Å². The summed E-state index contributed by atoms with van der Waals surface area (Å²) in [6, 6.07) is 12.0. The zero-order valence-corrected chi connectivity index (χ0v) is 18.6. The van der Waals surface area contributed by atoms with Gasteiger partial charge in [0, 0.05) is 30.0 Å². The molecule has 0 amide bonds. The van der Waals surface area contributed by atoms with E-state index in [0.717, 1.165) is 18.7 Å². The number of methoxy groups -OCH3 is 1. The summed E-state index contributed by atoms with van der Waals surface area (Å²) in [5.74, 6) is 1.76. The first-order chi connectivity index (χ1) is 15.6. The van der Waals surface area contributed by atoms with Crippen LogP contribution in [0.2, 0.25) is 5.02 Å². The number of hydrazine groups is 1. The van der Waals surface area contributed by atoms with E-state index in [-0.39, 0.29) is 12.1 Å². The van der Waals surface area contributed by atoms with Crippen molar-refractivity contribution >= 4 is 23.2 Å². The van der Waals surface area contributed by atoms with Crippen molar-refractivity contribution in [3.63, 3.8) is 0 Å². The lowest BCUT2D eigenvalue weighted by Crippen LogP contribution is -2.64. The number of pyridine rings is 1. The van der Waals surface area contributed by atoms with Gasteiger partial charge in [0.25, 0.3) is 0 Å². The van der Waals surface area contributed by atoms with Gasteiger partial charge in [-0.2, -0.15) is 4.98 Å². The highest BCUT2D eigenvalue weighted by molar-refractivity contribution is 6.30. The number of fused-ring (bicyclic) bond motifs is 1. The van der Waals surface area contributed by atoms with Crippen molar-refractivity contribution in [3.8, 4) is 17.6 Å². The molecule has 2 atom stereocenters. The lowest BCUT2D eigenvalue weighted by atomic mass is 10.1. The zero-order chi connectivity index (χ0) is 22.1. The minimum Gasteiger partial charge on any atom is -0.481 e. The highest BCUT2D eigenvalue weighted by atomic mass is 35.5. The molecule has 2 aromatic heterocycles. The van der Waals surface area contributed by atoms with Gasteiger partial charge in [-0.1, -0.05) is 24.6 Å². The normalized spacial score (nSPS) is 19.0. The van der Waals surface area contributed by atoms with Crippen LogP contribution in [-0.2, 0) is 6.54 Å². The maximum atomic E-state index is 6.08. The van der Waals surface area contributed by atoms with Crippen LogP contribution in [0.4, 0.5) is 11.6 Å². The molecule has 0 bridgehead atoms. The molecule has 1 fully saturated rings. The molecule has 32 heavy (non-hydrogen) atoms. The Morgan fingerprint density at radius 2 is 2.16 bits per heavy atom. The molecule has 1 aromatic carbocycles. The largest absolute Gasteiger partial charge is 0.481 e. The molecular formula is C22H24ClN7O2. The van der Waals surface area contributed by atoms with Crippen LogP contribution in [-0.4, -0.2) is 50.5 Å². The summed E-state index contributed by atoms with van der Waals surface area (Å²) < 4.78 is 13.0. The van der Waals surface area contributed by atoms with Gasteiger partial charge in [-0.3, -0.25) is 10.0 Å². The summed E-state index contributed by atoms with van der Waals surface area (Å²) >= 11 is 6.08. The third kappa shape index (κ3) is 3.91. The van der Waals surface area contributed by atoms with E-state index < -0.39 is 0 Å². The average Bonchev–Trinajstić information content (AvgIpc) is 3.28. The minimum atomic E-state index is 0.0893. The predicted octanol–water partition coefficient (Wildman–Crippen LogP) is 3.95. The number of nitrogens with zero attached hydrogens (tertiary/aromatic N) is 6. The van der Waals surface area contributed by atoms with E-state index in [0.29, 0.717) is 35.2 Å². The van der Waals surface area contributed by atoms with Crippen LogP contribution in [0, 0.1) is 0 Å². The van der Waals surface area contributed by atoms with E-state index in [2.05, 4.69) is 49.6 Å². The number of anilines is 2. The Balaban J connectivity index is 1.27. The lowest BCUT2D eigenvalue weighted by molar-refractivity contribution is 0.164. The summed E-state index contributed by atoms with van der Waals surface area (Å²) in [5, 5.41) is 13.0. The molecule has 1 saturated heterocycles. The van der Waals surface area contributed by atoms with Gasteiger partial charge in [0.05, 0.1) is 31.4 Å². The number of halogens is 1. The van der Waals surface area contributed by atoms with Crippen LogP contribution in [0.5, 0.6) is 17.6 Å². The number of ether oxygens (including phenoxy) is 2. The first-order valence-corrected chi connectivity index (χ1v) is 10.9. The Morgan fingerprint density at radius 1 is 1.25 bits per heavy atom. The first kappa shape index (κ1) is 20.4. The molecule has 3 aromatic rings. The molecule has 4 heterocycles. The summed E-state index contributed by atoms with van der Waals surface area (Å²) in [6.45, 7) is 3.66. The summed E-state index contributed by atoms with van der Waals surface area (Å²) in [4.78, 5) is 8.76. The van der Waals surface area contributed by atoms with Crippen LogP contribution in [0.1, 0.15) is 13.3 Å². The van der Waals surface area contributed by atoms with E-state index in [1.54, 1.807) is 30.1 Å². The van der Waals surface area contributed by atoms with Crippen molar-refractivity contribution in [3.05, 3.63) is 59.9 Å². The Morgan fingerprint density at radius 3 is 2.97 bits per heavy atom. The van der Waals surface area contributed by atoms with Gasteiger partial charge in [0.15, 0.2) is 0 Å². The fourth-order valence-corrected chi connectivity index (χ4v) is 4.06. The van der Waals surface area contributed by atoms with Gasteiger partial charge >= 0.3 is 6.01 Å². The monoisotopic (exact) mass is 453 g/mol. The van der Waals surface area contributed by atoms with Crippen molar-refractivity contribution in [2.24, 2.45) is 0 Å².